The van der Waals surface area contributed by atoms with E-state index in [1.54, 1.807) is 26.9 Å². The van der Waals surface area contributed by atoms with E-state index in [9.17, 15) is 19.5 Å². The second-order valence-electron chi connectivity index (χ2n) is 11.3. The second-order valence-corrected chi connectivity index (χ2v) is 12.5. The summed E-state index contributed by atoms with van der Waals surface area (Å²) in [7, 11) is 0. The Labute approximate surface area is 246 Å². The fourth-order valence-electron chi connectivity index (χ4n) is 6.76. The van der Waals surface area contributed by atoms with Crippen LogP contribution in [0.25, 0.3) is 0 Å². The van der Waals surface area contributed by atoms with Crippen molar-refractivity contribution >= 4 is 33.7 Å². The first-order valence-corrected chi connectivity index (χ1v) is 15.2. The minimum absolute atomic E-state index is 0.0799. The Morgan fingerprint density at radius 3 is 2.48 bits per heavy atom. The molecule has 9 heteroatoms. The number of aliphatic hydroxyl groups is 1. The molecule has 4 rings (SSSR count). The molecule has 40 heavy (non-hydrogen) atoms. The van der Waals surface area contributed by atoms with Crippen molar-refractivity contribution in [3.63, 3.8) is 0 Å². The number of amides is 3. The monoisotopic (exact) mass is 615 g/mol. The van der Waals surface area contributed by atoms with Crippen molar-refractivity contribution in [2.24, 2.45) is 11.8 Å². The van der Waals surface area contributed by atoms with E-state index in [-0.39, 0.29) is 35.2 Å². The predicted octanol–water partition coefficient (Wildman–Crippen LogP) is 3.53. The molecule has 3 fully saturated rings. The summed E-state index contributed by atoms with van der Waals surface area (Å²) in [6, 6.07) is 8.82. The van der Waals surface area contributed by atoms with Crippen LogP contribution in [-0.4, -0.2) is 92.4 Å². The van der Waals surface area contributed by atoms with Crippen LogP contribution in [0, 0.1) is 11.8 Å². The molecule has 3 heterocycles. The molecule has 0 radical (unpaired) electrons. The number of alkyl halides is 1. The van der Waals surface area contributed by atoms with Gasteiger partial charge in [0.25, 0.3) is 0 Å². The molecule has 0 saturated carbocycles. The number of nitrogens with zero attached hydrogens (tertiary/aromatic N) is 3. The van der Waals surface area contributed by atoms with Gasteiger partial charge in [0.15, 0.2) is 0 Å². The number of unbranched alkanes of at least 4 members (excludes halogenated alkanes) is 2. The maximum absolute atomic E-state index is 14.3. The van der Waals surface area contributed by atoms with E-state index in [0.717, 1.165) is 12.0 Å². The van der Waals surface area contributed by atoms with E-state index in [0.29, 0.717) is 45.4 Å². The van der Waals surface area contributed by atoms with Crippen LogP contribution >= 0.6 is 15.9 Å². The van der Waals surface area contributed by atoms with Gasteiger partial charge in [-0.2, -0.15) is 0 Å². The van der Waals surface area contributed by atoms with Crippen LogP contribution in [0.5, 0.6) is 0 Å². The van der Waals surface area contributed by atoms with Gasteiger partial charge >= 0.3 is 0 Å². The van der Waals surface area contributed by atoms with Gasteiger partial charge < -0.3 is 24.5 Å². The SMILES string of the molecule is C=CCN(Cc1ccccc1)C(=O)[C@H]1[C@H]2C(=O)N(CCCCCO)C(C(=O)N(CC=C)C(C)C)C23CC(Br)[C@@H]1O3. The third-order valence-electron chi connectivity index (χ3n) is 8.48. The molecule has 3 saturated heterocycles. The van der Waals surface area contributed by atoms with E-state index in [2.05, 4.69) is 29.1 Å². The van der Waals surface area contributed by atoms with E-state index in [1.807, 2.05) is 44.2 Å². The Kier molecular flexibility index (Phi) is 9.90. The number of aliphatic hydroxyl groups excluding tert-OH is 1. The van der Waals surface area contributed by atoms with Crippen LogP contribution < -0.4 is 0 Å². The van der Waals surface area contributed by atoms with Gasteiger partial charge in [-0.25, -0.2) is 0 Å². The van der Waals surface area contributed by atoms with Gasteiger partial charge in [0.1, 0.15) is 11.6 Å². The Balaban J connectivity index is 1.72. The number of likely N-dealkylation sites (tertiary alicyclic amines) is 1. The molecule has 3 aliphatic heterocycles. The largest absolute Gasteiger partial charge is 0.396 e. The lowest BCUT2D eigenvalue weighted by molar-refractivity contribution is -0.149. The van der Waals surface area contributed by atoms with Gasteiger partial charge in [-0.15, -0.1) is 13.2 Å². The zero-order valence-corrected chi connectivity index (χ0v) is 25.2. The fourth-order valence-corrected chi connectivity index (χ4v) is 7.70. The predicted molar refractivity (Wildman–Crippen MR) is 157 cm³/mol. The highest BCUT2D eigenvalue weighted by molar-refractivity contribution is 9.09. The zero-order chi connectivity index (χ0) is 29.0. The van der Waals surface area contributed by atoms with Crippen molar-refractivity contribution in [2.75, 3.05) is 26.2 Å². The summed E-state index contributed by atoms with van der Waals surface area (Å²) in [5.74, 6) is -1.97. The maximum Gasteiger partial charge on any atom is 0.248 e. The summed E-state index contributed by atoms with van der Waals surface area (Å²) in [6.45, 7) is 13.1. The third kappa shape index (κ3) is 5.52. The molecule has 0 aromatic heterocycles. The van der Waals surface area contributed by atoms with Crippen LogP contribution in [0.3, 0.4) is 0 Å². The molecule has 6 atom stereocenters. The van der Waals surface area contributed by atoms with E-state index >= 15 is 0 Å². The number of fused-ring (bicyclic) bond motifs is 1. The summed E-state index contributed by atoms with van der Waals surface area (Å²) < 4.78 is 6.68. The van der Waals surface area contributed by atoms with Gasteiger partial charge in [0.05, 0.1) is 17.9 Å². The number of hydrogen-bond donors (Lipinski definition) is 1. The van der Waals surface area contributed by atoms with Crippen molar-refractivity contribution < 1.29 is 24.2 Å². The number of rotatable bonds is 14. The van der Waals surface area contributed by atoms with Crippen LogP contribution in [0.2, 0.25) is 0 Å². The van der Waals surface area contributed by atoms with Gasteiger partial charge in [-0.1, -0.05) is 58.4 Å². The van der Waals surface area contributed by atoms with E-state index in [1.165, 1.54) is 0 Å². The first-order chi connectivity index (χ1) is 19.2. The lowest BCUT2D eigenvalue weighted by Crippen LogP contribution is -2.58. The van der Waals surface area contributed by atoms with E-state index in [4.69, 9.17) is 4.74 Å². The van der Waals surface area contributed by atoms with Crippen LogP contribution in [0.1, 0.15) is 45.1 Å². The maximum atomic E-state index is 14.3. The number of halogens is 1. The molecular formula is C31H42BrN3O5. The summed E-state index contributed by atoms with van der Waals surface area (Å²) >= 11 is 3.76. The molecule has 1 aromatic rings. The third-order valence-corrected chi connectivity index (χ3v) is 9.32. The number of benzene rings is 1. The summed E-state index contributed by atoms with van der Waals surface area (Å²) in [5.41, 5.74) is -0.106. The fraction of sp³-hybridized carbons (Fsp3) is 0.581. The van der Waals surface area contributed by atoms with Crippen LogP contribution in [0.15, 0.2) is 55.6 Å². The molecule has 0 aliphatic carbocycles. The van der Waals surface area contributed by atoms with Crippen LogP contribution in [0.4, 0.5) is 0 Å². The highest BCUT2D eigenvalue weighted by atomic mass is 79.9. The van der Waals surface area contributed by atoms with Gasteiger partial charge in [-0.3, -0.25) is 14.4 Å². The van der Waals surface area contributed by atoms with Gasteiger partial charge in [0, 0.05) is 43.7 Å². The Morgan fingerprint density at radius 1 is 1.15 bits per heavy atom. The van der Waals surface area contributed by atoms with Crippen molar-refractivity contribution in [3.8, 4) is 0 Å². The van der Waals surface area contributed by atoms with Crippen molar-refractivity contribution in [1.29, 1.82) is 0 Å². The van der Waals surface area contributed by atoms with Gasteiger partial charge in [-0.05, 0) is 45.1 Å². The zero-order valence-electron chi connectivity index (χ0n) is 23.6. The number of hydrogen-bond acceptors (Lipinski definition) is 5. The Hall–Kier alpha value is -2.49. The Morgan fingerprint density at radius 2 is 1.85 bits per heavy atom. The van der Waals surface area contributed by atoms with Gasteiger partial charge in [0.2, 0.25) is 17.7 Å². The van der Waals surface area contributed by atoms with Crippen molar-refractivity contribution in [2.45, 2.75) is 74.7 Å². The minimum Gasteiger partial charge on any atom is -0.396 e. The summed E-state index contributed by atoms with van der Waals surface area (Å²) in [6.07, 6.45) is 5.36. The van der Waals surface area contributed by atoms with E-state index < -0.39 is 29.6 Å². The molecule has 1 N–H and O–H groups in total. The average molecular weight is 617 g/mol. The molecule has 1 spiro atoms. The lowest BCUT2D eigenvalue weighted by Gasteiger charge is -2.38. The molecule has 3 unspecified atom stereocenters. The van der Waals surface area contributed by atoms with Crippen molar-refractivity contribution in [1.82, 2.24) is 14.7 Å². The summed E-state index contributed by atoms with van der Waals surface area (Å²) in [5, 5.41) is 9.26. The first kappa shape index (κ1) is 30.5. The standard InChI is InChI=1S/C31H42BrN3O5/c1-5-15-33(20-22-13-9-7-10-14-22)28(37)24-25-29(38)35(17-11-8-12-18-36)27(30(39)34(16-6-2)21(3)4)31(25)19-23(32)26(24)40-31/h5-7,9-10,13-14,21,23-27,36H,1-2,8,11-12,15-20H2,3-4H3/t23?,24-,25-,26-,27?,31?/m0/s1. The lowest BCUT2D eigenvalue weighted by atomic mass is 9.70. The molecule has 1 aromatic carbocycles. The normalized spacial score (nSPS) is 28.6. The molecule has 2 bridgehead atoms. The second kappa shape index (κ2) is 13.0. The number of ether oxygens (including phenoxy) is 1. The van der Waals surface area contributed by atoms with Crippen LogP contribution in [-0.2, 0) is 25.7 Å². The molecule has 218 valence electrons. The molecular weight excluding hydrogens is 574 g/mol. The smallest absolute Gasteiger partial charge is 0.248 e. The molecule has 3 amide bonds. The Bertz CT molecular complexity index is 1100. The number of carbonyl (C=O) groups excluding carboxylic acids is 3. The topological polar surface area (TPSA) is 90.4 Å². The number of carbonyl (C=O) groups is 3. The minimum atomic E-state index is -1.09. The first-order valence-electron chi connectivity index (χ1n) is 14.3. The quantitative estimate of drug-likeness (QED) is 0.196. The molecule has 3 aliphatic rings. The van der Waals surface area contributed by atoms with Crippen molar-refractivity contribution in [3.05, 3.63) is 61.2 Å². The molecule has 8 nitrogen and oxygen atoms in total. The highest BCUT2D eigenvalue weighted by Crippen LogP contribution is 2.60. The summed E-state index contributed by atoms with van der Waals surface area (Å²) in [4.78, 5) is 47.7. The highest BCUT2D eigenvalue weighted by Gasteiger charge is 2.76. The average Bonchev–Trinajstić information content (AvgIpc) is 3.52.